The van der Waals surface area contributed by atoms with Crippen LogP contribution in [0.2, 0.25) is 0 Å². The van der Waals surface area contributed by atoms with E-state index in [1.807, 2.05) is 18.2 Å². The maximum Gasteiger partial charge on any atom is 0.122 e. The highest BCUT2D eigenvalue weighted by Crippen LogP contribution is 2.35. The molecular weight excluding hydrogens is 378 g/mol. The summed E-state index contributed by atoms with van der Waals surface area (Å²) in [7, 11) is 0. The minimum atomic E-state index is 0. The van der Waals surface area contributed by atoms with Gasteiger partial charge in [0.15, 0.2) is 0 Å². The van der Waals surface area contributed by atoms with Gasteiger partial charge in [0.05, 0.1) is 12.1 Å². The number of anilines is 3. The van der Waals surface area contributed by atoms with Crippen molar-refractivity contribution >= 4 is 22.6 Å². The fourth-order valence-corrected chi connectivity index (χ4v) is 2.97. The van der Waals surface area contributed by atoms with Crippen molar-refractivity contribution in [1.82, 2.24) is 0 Å². The first kappa shape index (κ1) is 22.9. The number of nitriles is 2. The Hall–Kier alpha value is -4.34. The Morgan fingerprint density at radius 1 is 0.806 bits per heavy atom. The zero-order valence-electron chi connectivity index (χ0n) is 17.7. The monoisotopic (exact) mass is 403 g/mol. The van der Waals surface area contributed by atoms with E-state index in [1.54, 1.807) is 18.2 Å². The van der Waals surface area contributed by atoms with Crippen LogP contribution in [0, 0.1) is 29.6 Å². The molecule has 0 fully saturated rings. The smallest absolute Gasteiger partial charge is 0.122 e. The molecule has 152 valence electrons. The van der Waals surface area contributed by atoms with E-state index in [9.17, 15) is 0 Å². The van der Waals surface area contributed by atoms with Crippen LogP contribution in [0.25, 0.3) is 5.57 Å². The third-order valence-corrected chi connectivity index (χ3v) is 4.44. The quantitative estimate of drug-likeness (QED) is 0.397. The molecule has 0 heterocycles. The van der Waals surface area contributed by atoms with E-state index in [1.165, 1.54) is 5.56 Å². The molecule has 0 saturated carbocycles. The lowest BCUT2D eigenvalue weighted by Gasteiger charge is -2.25. The van der Waals surface area contributed by atoms with Crippen LogP contribution >= 0.6 is 0 Å². The maximum absolute atomic E-state index is 7.59. The summed E-state index contributed by atoms with van der Waals surface area (Å²) in [5, 5.41) is 15.2. The van der Waals surface area contributed by atoms with Crippen LogP contribution in [0.1, 0.15) is 17.5 Å². The molecule has 3 nitrogen and oxygen atoms in total. The van der Waals surface area contributed by atoms with Crippen molar-refractivity contribution in [1.29, 1.82) is 10.5 Å². The van der Waals surface area contributed by atoms with E-state index in [0.29, 0.717) is 0 Å². The van der Waals surface area contributed by atoms with Gasteiger partial charge in [-0.25, -0.2) is 0 Å². The average molecular weight is 404 g/mol. The largest absolute Gasteiger partial charge is 0.311 e. The van der Waals surface area contributed by atoms with E-state index in [2.05, 4.69) is 97.8 Å². The van der Waals surface area contributed by atoms with Crippen molar-refractivity contribution in [3.8, 4) is 12.1 Å². The molecule has 0 saturated heterocycles. The van der Waals surface area contributed by atoms with Gasteiger partial charge in [0.2, 0.25) is 0 Å². The minimum absolute atomic E-state index is 0. The van der Waals surface area contributed by atoms with Crippen LogP contribution < -0.4 is 4.90 Å². The van der Waals surface area contributed by atoms with Gasteiger partial charge in [0.25, 0.3) is 0 Å². The number of aryl methyl sites for hydroxylation is 1. The average Bonchev–Trinajstić information content (AvgIpc) is 2.81. The van der Waals surface area contributed by atoms with Crippen molar-refractivity contribution in [2.75, 3.05) is 4.90 Å². The lowest BCUT2D eigenvalue weighted by atomic mass is 10.0. The van der Waals surface area contributed by atoms with E-state index >= 15 is 0 Å². The van der Waals surface area contributed by atoms with Crippen LogP contribution in [0.3, 0.4) is 0 Å². The molecule has 0 aliphatic carbocycles. The molecule has 0 atom stereocenters. The summed E-state index contributed by atoms with van der Waals surface area (Å²) in [5.41, 5.74) is 6.83. The molecule has 0 spiro atoms. The van der Waals surface area contributed by atoms with Gasteiger partial charge in [-0.15, -0.1) is 0 Å². The van der Waals surface area contributed by atoms with Gasteiger partial charge in [0.1, 0.15) is 6.42 Å². The summed E-state index contributed by atoms with van der Waals surface area (Å²) in [4.78, 5) is 2.26. The van der Waals surface area contributed by atoms with Gasteiger partial charge in [-0.3, -0.25) is 0 Å². The Labute approximate surface area is 185 Å². The molecule has 0 unspecified atom stereocenters. The SMILES string of the molecule is C=C/C=C(\C=C)c1ccc(N(c2ccccc2)c2ccc(C)cc2)cc1.N#CCC#N. The van der Waals surface area contributed by atoms with Gasteiger partial charge in [0, 0.05) is 17.1 Å². The molecule has 3 heteroatoms. The molecule has 0 radical (unpaired) electrons. The fourth-order valence-electron chi connectivity index (χ4n) is 2.97. The molecular formula is C28H25N3. The minimum Gasteiger partial charge on any atom is -0.311 e. The summed E-state index contributed by atoms with van der Waals surface area (Å²) in [6.45, 7) is 9.77. The molecule has 0 N–H and O–H groups in total. The predicted octanol–water partition coefficient (Wildman–Crippen LogP) is 7.64. The van der Waals surface area contributed by atoms with E-state index < -0.39 is 0 Å². The standard InChI is InChI=1S/C25H23N.C3H2N2/c1-4-9-21(5-2)22-14-18-25(19-15-22)26(23-10-7-6-8-11-23)24-16-12-20(3)13-17-24;4-2-1-3-5/h4-19H,1-2H2,3H3;1H2/b21-9+;. The van der Waals surface area contributed by atoms with Crippen LogP contribution in [-0.4, -0.2) is 0 Å². The van der Waals surface area contributed by atoms with Gasteiger partial charge in [-0.2, -0.15) is 10.5 Å². The molecule has 0 amide bonds. The Kier molecular flexibility index (Phi) is 9.08. The molecule has 0 bridgehead atoms. The normalized spacial score (nSPS) is 9.97. The van der Waals surface area contributed by atoms with Crippen LogP contribution in [-0.2, 0) is 0 Å². The van der Waals surface area contributed by atoms with Crippen molar-refractivity contribution in [2.45, 2.75) is 13.3 Å². The summed E-state index contributed by atoms with van der Waals surface area (Å²) in [5.74, 6) is 0. The molecule has 3 aromatic rings. The fraction of sp³-hybridized carbons (Fsp3) is 0.0714. The lowest BCUT2D eigenvalue weighted by molar-refractivity contribution is 1.27. The molecule has 3 rings (SSSR count). The second-order valence-electron chi connectivity index (χ2n) is 6.61. The third-order valence-electron chi connectivity index (χ3n) is 4.44. The lowest BCUT2D eigenvalue weighted by Crippen LogP contribution is -2.09. The molecule has 0 aromatic heterocycles. The maximum atomic E-state index is 7.59. The van der Waals surface area contributed by atoms with Crippen LogP contribution in [0.5, 0.6) is 0 Å². The van der Waals surface area contributed by atoms with Crippen LogP contribution in [0.15, 0.2) is 110 Å². The molecule has 31 heavy (non-hydrogen) atoms. The Morgan fingerprint density at radius 2 is 1.32 bits per heavy atom. The number of nitrogens with zero attached hydrogens (tertiary/aromatic N) is 3. The molecule has 0 aliphatic rings. The van der Waals surface area contributed by atoms with Crippen molar-refractivity contribution in [3.05, 3.63) is 121 Å². The highest BCUT2D eigenvalue weighted by molar-refractivity contribution is 5.80. The number of rotatable bonds is 6. The van der Waals surface area contributed by atoms with E-state index in [4.69, 9.17) is 10.5 Å². The van der Waals surface area contributed by atoms with Crippen molar-refractivity contribution in [3.63, 3.8) is 0 Å². The molecule has 3 aromatic carbocycles. The molecule has 0 aliphatic heterocycles. The van der Waals surface area contributed by atoms with Gasteiger partial charge in [-0.05, 0) is 54.5 Å². The van der Waals surface area contributed by atoms with E-state index in [0.717, 1.165) is 28.2 Å². The number of para-hydroxylation sites is 1. The highest BCUT2D eigenvalue weighted by atomic mass is 15.1. The Balaban J connectivity index is 0.000000614. The number of hydrogen-bond donors (Lipinski definition) is 0. The number of benzene rings is 3. The first-order valence-corrected chi connectivity index (χ1v) is 9.86. The second kappa shape index (κ2) is 12.3. The topological polar surface area (TPSA) is 50.8 Å². The Morgan fingerprint density at radius 3 is 1.77 bits per heavy atom. The number of allylic oxidation sites excluding steroid dienone is 4. The first-order chi connectivity index (χ1) is 15.1. The second-order valence-corrected chi connectivity index (χ2v) is 6.61. The first-order valence-electron chi connectivity index (χ1n) is 9.86. The predicted molar refractivity (Wildman–Crippen MR) is 130 cm³/mol. The van der Waals surface area contributed by atoms with Crippen molar-refractivity contribution in [2.24, 2.45) is 0 Å². The highest BCUT2D eigenvalue weighted by Gasteiger charge is 2.12. The number of hydrogen-bond acceptors (Lipinski definition) is 3. The van der Waals surface area contributed by atoms with Gasteiger partial charge < -0.3 is 4.90 Å². The third kappa shape index (κ3) is 6.60. The summed E-state index contributed by atoms with van der Waals surface area (Å²) in [6.07, 6.45) is 5.61. The van der Waals surface area contributed by atoms with Crippen molar-refractivity contribution < 1.29 is 0 Å². The van der Waals surface area contributed by atoms with Gasteiger partial charge >= 0.3 is 0 Å². The summed E-state index contributed by atoms with van der Waals surface area (Å²) < 4.78 is 0. The summed E-state index contributed by atoms with van der Waals surface area (Å²) in [6, 6.07) is 30.8. The van der Waals surface area contributed by atoms with Crippen LogP contribution in [0.4, 0.5) is 17.1 Å². The Bertz CT molecular complexity index is 1080. The van der Waals surface area contributed by atoms with E-state index in [-0.39, 0.29) is 6.42 Å². The zero-order chi connectivity index (χ0) is 22.5. The zero-order valence-corrected chi connectivity index (χ0v) is 17.7. The van der Waals surface area contributed by atoms with Gasteiger partial charge in [-0.1, -0.05) is 79.4 Å². The summed E-state index contributed by atoms with van der Waals surface area (Å²) >= 11 is 0.